The zero-order valence-electron chi connectivity index (χ0n) is 30.1. The Balaban J connectivity index is 1.77. The monoisotopic (exact) mass is 682 g/mol. The number of carbonyl (C=O) groups excluding carboxylic acids is 2. The number of aryl methyl sites for hydroxylation is 5. The zero-order chi connectivity index (χ0) is 36.4. The standard InChI is InChI=1S/C38H49F3N4O4/c1-10-49-31(46)17-29(33-34(39)25(7)16-28(35(33)40)32-23(5)14-22(4)15-24(32)6)43-36(47)30(13-21(2)3)45-18-27(26(8)42-37(45)48)11-12-44-19-38(9,41)20-44/h14-16,18,21,29-30H,10-13,17,19-20H2,1-9H3,(H,43,47)/t29-,30-/m0/s1. The molecule has 0 unspecified atom stereocenters. The minimum atomic E-state index is -1.44. The van der Waals surface area contributed by atoms with E-state index in [4.69, 9.17) is 4.74 Å². The summed E-state index contributed by atoms with van der Waals surface area (Å²) in [5, 5.41) is 2.73. The number of nitrogens with one attached hydrogen (secondary N) is 1. The van der Waals surface area contributed by atoms with Crippen molar-refractivity contribution in [2.75, 3.05) is 26.2 Å². The van der Waals surface area contributed by atoms with E-state index in [1.807, 2.05) is 51.7 Å². The van der Waals surface area contributed by atoms with Crippen LogP contribution in [0.1, 0.15) is 91.7 Å². The van der Waals surface area contributed by atoms with E-state index in [0.29, 0.717) is 37.3 Å². The Morgan fingerprint density at radius 3 is 2.22 bits per heavy atom. The van der Waals surface area contributed by atoms with Crippen LogP contribution in [0.15, 0.2) is 29.2 Å². The number of rotatable bonds is 13. The van der Waals surface area contributed by atoms with Crippen LogP contribution in [0, 0.1) is 52.2 Å². The van der Waals surface area contributed by atoms with Gasteiger partial charge in [-0.25, -0.2) is 18.0 Å². The lowest BCUT2D eigenvalue weighted by Gasteiger charge is -2.42. The molecule has 0 spiro atoms. The van der Waals surface area contributed by atoms with Crippen LogP contribution in [0.5, 0.6) is 0 Å². The molecule has 1 fully saturated rings. The number of hydrogen-bond donors (Lipinski definition) is 1. The molecule has 0 bridgehead atoms. The number of benzene rings is 2. The van der Waals surface area contributed by atoms with E-state index >= 15 is 8.78 Å². The van der Waals surface area contributed by atoms with Gasteiger partial charge in [-0.15, -0.1) is 0 Å². The summed E-state index contributed by atoms with van der Waals surface area (Å²) in [5.74, 6) is -3.27. The Morgan fingerprint density at radius 2 is 1.65 bits per heavy atom. The van der Waals surface area contributed by atoms with Crippen LogP contribution < -0.4 is 11.0 Å². The van der Waals surface area contributed by atoms with E-state index in [1.54, 1.807) is 27.0 Å². The molecule has 49 heavy (non-hydrogen) atoms. The number of amides is 1. The van der Waals surface area contributed by atoms with Crippen molar-refractivity contribution >= 4 is 11.9 Å². The second kappa shape index (κ2) is 15.3. The molecule has 3 aromatic rings. The second-order valence-corrected chi connectivity index (χ2v) is 14.2. The molecule has 1 N–H and O–H groups in total. The molecule has 8 nitrogen and oxygen atoms in total. The van der Waals surface area contributed by atoms with E-state index in [9.17, 15) is 18.8 Å². The number of ether oxygens (including phenoxy) is 1. The predicted molar refractivity (Wildman–Crippen MR) is 184 cm³/mol. The lowest BCUT2D eigenvalue weighted by molar-refractivity contribution is -0.144. The van der Waals surface area contributed by atoms with Crippen molar-refractivity contribution in [2.24, 2.45) is 5.92 Å². The zero-order valence-corrected chi connectivity index (χ0v) is 30.1. The molecule has 4 rings (SSSR count). The number of esters is 1. The van der Waals surface area contributed by atoms with Crippen molar-refractivity contribution < 1.29 is 27.5 Å². The van der Waals surface area contributed by atoms with Gasteiger partial charge in [0.25, 0.3) is 0 Å². The number of hydrogen-bond acceptors (Lipinski definition) is 6. The Morgan fingerprint density at radius 1 is 1.02 bits per heavy atom. The maximum Gasteiger partial charge on any atom is 0.348 e. The Kier molecular flexibility index (Phi) is 11.8. The molecule has 0 aliphatic carbocycles. The fourth-order valence-electron chi connectivity index (χ4n) is 6.94. The van der Waals surface area contributed by atoms with Gasteiger partial charge in [0, 0.05) is 42.7 Å². The van der Waals surface area contributed by atoms with Crippen molar-refractivity contribution in [3.63, 3.8) is 0 Å². The van der Waals surface area contributed by atoms with Gasteiger partial charge in [-0.1, -0.05) is 31.5 Å². The first kappa shape index (κ1) is 37.8. The van der Waals surface area contributed by atoms with Gasteiger partial charge in [-0.2, -0.15) is 4.98 Å². The van der Waals surface area contributed by atoms with Gasteiger partial charge >= 0.3 is 11.7 Å². The van der Waals surface area contributed by atoms with Crippen LogP contribution in [0.25, 0.3) is 11.1 Å². The Hall–Kier alpha value is -3.99. The highest BCUT2D eigenvalue weighted by Crippen LogP contribution is 2.37. The largest absolute Gasteiger partial charge is 0.466 e. The van der Waals surface area contributed by atoms with Gasteiger partial charge in [0.05, 0.1) is 19.1 Å². The number of halogens is 3. The molecule has 266 valence electrons. The van der Waals surface area contributed by atoms with Crippen LogP contribution in [0.2, 0.25) is 0 Å². The maximum absolute atomic E-state index is 16.7. The van der Waals surface area contributed by atoms with E-state index in [0.717, 1.165) is 22.3 Å². The molecule has 2 heterocycles. The molecule has 0 saturated carbocycles. The molecular formula is C38H49F3N4O4. The second-order valence-electron chi connectivity index (χ2n) is 14.2. The first-order valence-electron chi connectivity index (χ1n) is 16.9. The minimum Gasteiger partial charge on any atom is -0.466 e. The molecular weight excluding hydrogens is 633 g/mol. The molecule has 11 heteroatoms. The highest BCUT2D eigenvalue weighted by atomic mass is 19.1. The fraction of sp³-hybridized carbons (Fsp3) is 0.526. The van der Waals surface area contributed by atoms with Crippen LogP contribution in [-0.2, 0) is 20.7 Å². The smallest absolute Gasteiger partial charge is 0.348 e. The number of likely N-dealkylation sites (tertiary alicyclic amines) is 1. The molecule has 0 radical (unpaired) electrons. The summed E-state index contributed by atoms with van der Waals surface area (Å²) >= 11 is 0. The summed E-state index contributed by atoms with van der Waals surface area (Å²) in [6, 6.07) is 2.73. The first-order valence-corrected chi connectivity index (χ1v) is 16.9. The Labute approximate surface area is 287 Å². The molecule has 1 amide bonds. The van der Waals surface area contributed by atoms with Gasteiger partial charge in [-0.05, 0) is 101 Å². The molecule has 1 saturated heterocycles. The fourth-order valence-corrected chi connectivity index (χ4v) is 6.94. The maximum atomic E-state index is 16.7. The van der Waals surface area contributed by atoms with E-state index in [-0.39, 0.29) is 30.1 Å². The molecule has 1 aromatic heterocycles. The molecule has 2 atom stereocenters. The van der Waals surface area contributed by atoms with E-state index < -0.39 is 58.9 Å². The number of alkyl halides is 1. The summed E-state index contributed by atoms with van der Waals surface area (Å²) in [5.41, 5.74) is 2.40. The first-order chi connectivity index (χ1) is 22.9. The number of carbonyl (C=O) groups is 2. The lowest BCUT2D eigenvalue weighted by Crippen LogP contribution is -2.57. The van der Waals surface area contributed by atoms with Crippen molar-refractivity contribution in [1.82, 2.24) is 19.8 Å². The van der Waals surface area contributed by atoms with Crippen molar-refractivity contribution in [2.45, 2.75) is 99.3 Å². The van der Waals surface area contributed by atoms with Gasteiger partial charge < -0.3 is 10.1 Å². The van der Waals surface area contributed by atoms with Gasteiger partial charge in [-0.3, -0.25) is 19.1 Å². The van der Waals surface area contributed by atoms with E-state index in [1.165, 1.54) is 17.6 Å². The topological polar surface area (TPSA) is 93.5 Å². The average Bonchev–Trinajstić information content (AvgIpc) is 2.96. The quantitative estimate of drug-likeness (QED) is 0.202. The van der Waals surface area contributed by atoms with Gasteiger partial charge in [0.15, 0.2) is 0 Å². The van der Waals surface area contributed by atoms with Crippen molar-refractivity contribution in [1.29, 1.82) is 0 Å². The van der Waals surface area contributed by atoms with E-state index in [2.05, 4.69) is 10.3 Å². The lowest BCUT2D eigenvalue weighted by atomic mass is 9.88. The third-order valence-electron chi connectivity index (χ3n) is 9.08. The van der Waals surface area contributed by atoms with Gasteiger partial charge in [0.1, 0.15) is 23.3 Å². The van der Waals surface area contributed by atoms with Crippen LogP contribution >= 0.6 is 0 Å². The summed E-state index contributed by atoms with van der Waals surface area (Å²) in [7, 11) is 0. The highest BCUT2D eigenvalue weighted by Gasteiger charge is 2.38. The summed E-state index contributed by atoms with van der Waals surface area (Å²) < 4.78 is 53.2. The highest BCUT2D eigenvalue weighted by molar-refractivity contribution is 5.82. The molecule has 1 aliphatic rings. The normalized spacial score (nSPS) is 15.5. The predicted octanol–water partition coefficient (Wildman–Crippen LogP) is 6.71. The van der Waals surface area contributed by atoms with Crippen molar-refractivity contribution in [3.8, 4) is 11.1 Å². The molecule has 1 aliphatic heterocycles. The summed E-state index contributed by atoms with van der Waals surface area (Å²) in [6.07, 6.45) is 1.75. The number of aromatic nitrogens is 2. The van der Waals surface area contributed by atoms with Crippen LogP contribution in [0.4, 0.5) is 13.2 Å². The van der Waals surface area contributed by atoms with Crippen LogP contribution in [-0.4, -0.2) is 58.2 Å². The summed E-state index contributed by atoms with van der Waals surface area (Å²) in [6.45, 7) is 17.0. The minimum absolute atomic E-state index is 0.0382. The Bertz CT molecular complexity index is 1750. The SMILES string of the molecule is CCOC(=O)C[C@H](NC(=O)[C@H](CC(C)C)n1cc(CCN2CC(C)(F)C2)c(C)nc1=O)c1c(F)c(C)cc(-c2c(C)cc(C)cc2C)c1F. The molecule has 2 aromatic carbocycles. The van der Waals surface area contributed by atoms with Crippen LogP contribution in [0.3, 0.4) is 0 Å². The third-order valence-corrected chi connectivity index (χ3v) is 9.08. The third kappa shape index (κ3) is 8.79. The average molecular weight is 683 g/mol. The van der Waals surface area contributed by atoms with Gasteiger partial charge in [0.2, 0.25) is 5.91 Å². The summed E-state index contributed by atoms with van der Waals surface area (Å²) in [4.78, 5) is 46.5. The number of nitrogens with zero attached hydrogens (tertiary/aromatic N) is 3. The van der Waals surface area contributed by atoms with Crippen molar-refractivity contribution in [3.05, 3.63) is 85.6 Å².